The third-order valence-electron chi connectivity index (χ3n) is 2.55. The predicted octanol–water partition coefficient (Wildman–Crippen LogP) is 3.36. The minimum absolute atomic E-state index is 0.635. The fourth-order valence-corrected chi connectivity index (χ4v) is 1.75. The molecule has 0 heterocycles. The zero-order valence-electron chi connectivity index (χ0n) is 8.81. The first kappa shape index (κ1) is 10.8. The Balaban J connectivity index is 2.49. The summed E-state index contributed by atoms with van der Waals surface area (Å²) in [6.07, 6.45) is -1.04. The Labute approximate surface area is 94.2 Å². The molecule has 2 aromatic carbocycles. The van der Waals surface area contributed by atoms with Crippen molar-refractivity contribution < 1.29 is 9.50 Å². The molecule has 0 radical (unpaired) electrons. The lowest BCUT2D eigenvalue weighted by Crippen LogP contribution is -2.01. The van der Waals surface area contributed by atoms with E-state index < -0.39 is 12.8 Å². The summed E-state index contributed by atoms with van der Waals surface area (Å²) in [7, 11) is 0. The highest BCUT2D eigenvalue weighted by atomic mass is 19.1. The van der Waals surface area contributed by atoms with Gasteiger partial charge in [-0.05, 0) is 16.7 Å². The molecule has 0 aliphatic rings. The largest absolute Gasteiger partial charge is 0.386 e. The average Bonchev–Trinajstić information content (AvgIpc) is 2.39. The van der Waals surface area contributed by atoms with E-state index in [2.05, 4.69) is 0 Å². The van der Waals surface area contributed by atoms with Gasteiger partial charge in [0, 0.05) is 0 Å². The Morgan fingerprint density at radius 1 is 0.938 bits per heavy atom. The Morgan fingerprint density at radius 3 is 2.25 bits per heavy atom. The topological polar surface area (TPSA) is 20.2 Å². The zero-order chi connectivity index (χ0) is 11.4. The Kier molecular flexibility index (Phi) is 3.32. The summed E-state index contributed by atoms with van der Waals surface area (Å²) in [5, 5.41) is 9.60. The van der Waals surface area contributed by atoms with Crippen LogP contribution in [0.1, 0.15) is 11.7 Å². The van der Waals surface area contributed by atoms with E-state index in [1.54, 1.807) is 12.1 Å². The van der Waals surface area contributed by atoms with Crippen molar-refractivity contribution in [1.29, 1.82) is 0 Å². The predicted molar refractivity (Wildman–Crippen MR) is 62.8 cm³/mol. The van der Waals surface area contributed by atoms with E-state index in [4.69, 9.17) is 0 Å². The van der Waals surface area contributed by atoms with E-state index in [9.17, 15) is 9.50 Å². The van der Waals surface area contributed by atoms with Gasteiger partial charge in [0.15, 0.2) is 0 Å². The van der Waals surface area contributed by atoms with Crippen LogP contribution in [0.15, 0.2) is 54.6 Å². The van der Waals surface area contributed by atoms with Gasteiger partial charge < -0.3 is 5.11 Å². The summed E-state index contributed by atoms with van der Waals surface area (Å²) in [5.41, 5.74) is 2.51. The maximum Gasteiger partial charge on any atom is 0.119 e. The Morgan fingerprint density at radius 2 is 1.56 bits per heavy atom. The summed E-state index contributed by atoms with van der Waals surface area (Å²) in [4.78, 5) is 0. The van der Waals surface area contributed by atoms with Crippen LogP contribution < -0.4 is 0 Å². The highest BCUT2D eigenvalue weighted by molar-refractivity contribution is 5.67. The normalized spacial score (nSPS) is 12.4. The fourth-order valence-electron chi connectivity index (χ4n) is 1.75. The molecule has 1 unspecified atom stereocenters. The quantitative estimate of drug-likeness (QED) is 0.834. The fraction of sp³-hybridized carbons (Fsp3) is 0.143. The van der Waals surface area contributed by atoms with Crippen molar-refractivity contribution in [1.82, 2.24) is 0 Å². The van der Waals surface area contributed by atoms with Gasteiger partial charge in [-0.1, -0.05) is 54.6 Å². The van der Waals surface area contributed by atoms with Crippen LogP contribution in [0.25, 0.3) is 11.1 Å². The number of alkyl halides is 1. The molecular formula is C14H13FO. The van der Waals surface area contributed by atoms with Gasteiger partial charge >= 0.3 is 0 Å². The molecule has 2 rings (SSSR count). The maximum absolute atomic E-state index is 12.5. The molecule has 0 spiro atoms. The first-order valence-corrected chi connectivity index (χ1v) is 5.21. The number of halogens is 1. The average molecular weight is 216 g/mol. The second kappa shape index (κ2) is 4.90. The second-order valence-corrected chi connectivity index (χ2v) is 3.62. The van der Waals surface area contributed by atoms with E-state index in [0.29, 0.717) is 5.56 Å². The van der Waals surface area contributed by atoms with Crippen LogP contribution in [0, 0.1) is 0 Å². The molecule has 0 bridgehead atoms. The van der Waals surface area contributed by atoms with Gasteiger partial charge in [-0.3, -0.25) is 0 Å². The van der Waals surface area contributed by atoms with Crippen molar-refractivity contribution >= 4 is 0 Å². The zero-order valence-corrected chi connectivity index (χ0v) is 8.81. The first-order chi connectivity index (χ1) is 7.83. The third-order valence-corrected chi connectivity index (χ3v) is 2.55. The molecule has 2 heteroatoms. The van der Waals surface area contributed by atoms with Gasteiger partial charge in [0.2, 0.25) is 0 Å². The minimum Gasteiger partial charge on any atom is -0.386 e. The molecule has 0 saturated heterocycles. The van der Waals surface area contributed by atoms with Crippen LogP contribution >= 0.6 is 0 Å². The van der Waals surface area contributed by atoms with Gasteiger partial charge in [-0.2, -0.15) is 0 Å². The van der Waals surface area contributed by atoms with Crippen molar-refractivity contribution in [2.45, 2.75) is 6.10 Å². The maximum atomic E-state index is 12.5. The standard InChI is InChI=1S/C14H13FO/c15-10-14(16)13-9-5-4-8-12(13)11-6-2-1-3-7-11/h1-9,14,16H,10H2. The number of hydrogen-bond acceptors (Lipinski definition) is 1. The highest BCUT2D eigenvalue weighted by Gasteiger charge is 2.12. The molecular weight excluding hydrogens is 203 g/mol. The van der Waals surface area contributed by atoms with Crippen LogP contribution in [0.3, 0.4) is 0 Å². The molecule has 0 amide bonds. The van der Waals surface area contributed by atoms with Crippen molar-refractivity contribution in [3.05, 3.63) is 60.2 Å². The van der Waals surface area contributed by atoms with Crippen LogP contribution in [-0.4, -0.2) is 11.8 Å². The van der Waals surface area contributed by atoms with Gasteiger partial charge in [-0.25, -0.2) is 4.39 Å². The number of benzene rings is 2. The summed E-state index contributed by atoms with van der Waals surface area (Å²) >= 11 is 0. The number of hydrogen-bond donors (Lipinski definition) is 1. The third kappa shape index (κ3) is 2.12. The summed E-state index contributed by atoms with van der Waals surface area (Å²) in [6, 6.07) is 17.0. The lowest BCUT2D eigenvalue weighted by Gasteiger charge is -2.12. The molecule has 1 atom stereocenters. The van der Waals surface area contributed by atoms with Gasteiger partial charge in [0.25, 0.3) is 0 Å². The Hall–Kier alpha value is -1.67. The molecule has 82 valence electrons. The molecule has 2 aromatic rings. The second-order valence-electron chi connectivity index (χ2n) is 3.62. The molecule has 0 aliphatic carbocycles. The monoisotopic (exact) mass is 216 g/mol. The SMILES string of the molecule is OC(CF)c1ccccc1-c1ccccc1. The van der Waals surface area contributed by atoms with Gasteiger partial charge in [0.1, 0.15) is 12.8 Å². The van der Waals surface area contributed by atoms with Crippen LogP contribution in [0.4, 0.5) is 4.39 Å². The highest BCUT2D eigenvalue weighted by Crippen LogP contribution is 2.28. The molecule has 16 heavy (non-hydrogen) atoms. The lowest BCUT2D eigenvalue weighted by molar-refractivity contribution is 0.142. The van der Waals surface area contributed by atoms with Crippen molar-refractivity contribution in [3.63, 3.8) is 0 Å². The summed E-state index contributed by atoms with van der Waals surface area (Å²) < 4.78 is 12.5. The van der Waals surface area contributed by atoms with Gasteiger partial charge in [0.05, 0.1) is 0 Å². The molecule has 0 aliphatic heterocycles. The van der Waals surface area contributed by atoms with Crippen LogP contribution in [0.5, 0.6) is 0 Å². The number of aliphatic hydroxyl groups excluding tert-OH is 1. The van der Waals surface area contributed by atoms with E-state index >= 15 is 0 Å². The Bertz CT molecular complexity index is 453. The first-order valence-electron chi connectivity index (χ1n) is 5.21. The molecule has 0 fully saturated rings. The van der Waals surface area contributed by atoms with E-state index in [0.717, 1.165) is 11.1 Å². The van der Waals surface area contributed by atoms with Crippen molar-refractivity contribution in [2.75, 3.05) is 6.67 Å². The number of rotatable bonds is 3. The van der Waals surface area contributed by atoms with E-state index in [1.807, 2.05) is 42.5 Å². The summed E-state index contributed by atoms with van der Waals surface area (Å²) in [6.45, 7) is -0.760. The van der Waals surface area contributed by atoms with Crippen LogP contribution in [0.2, 0.25) is 0 Å². The summed E-state index contributed by atoms with van der Waals surface area (Å²) in [5.74, 6) is 0. The molecule has 0 saturated carbocycles. The van der Waals surface area contributed by atoms with E-state index in [1.165, 1.54) is 0 Å². The number of aliphatic hydroxyl groups is 1. The van der Waals surface area contributed by atoms with Crippen molar-refractivity contribution in [3.8, 4) is 11.1 Å². The molecule has 1 nitrogen and oxygen atoms in total. The van der Waals surface area contributed by atoms with Gasteiger partial charge in [-0.15, -0.1) is 0 Å². The minimum atomic E-state index is -1.04. The molecule has 1 N–H and O–H groups in total. The van der Waals surface area contributed by atoms with E-state index in [-0.39, 0.29) is 0 Å². The van der Waals surface area contributed by atoms with Crippen LogP contribution in [-0.2, 0) is 0 Å². The van der Waals surface area contributed by atoms with Crippen molar-refractivity contribution in [2.24, 2.45) is 0 Å². The molecule has 0 aromatic heterocycles. The lowest BCUT2D eigenvalue weighted by atomic mass is 9.97. The smallest absolute Gasteiger partial charge is 0.119 e.